The second-order valence-corrected chi connectivity index (χ2v) is 6.91. The van der Waals surface area contributed by atoms with Gasteiger partial charge in [0.15, 0.2) is 0 Å². The number of hydrogen-bond acceptors (Lipinski definition) is 6. The Morgan fingerprint density at radius 3 is 2.83 bits per heavy atom. The Morgan fingerprint density at radius 2 is 2.14 bits per heavy atom. The number of hydrogen-bond donors (Lipinski definition) is 2. The van der Waals surface area contributed by atoms with E-state index in [-0.39, 0.29) is 6.42 Å². The van der Waals surface area contributed by atoms with Gasteiger partial charge in [0.1, 0.15) is 12.1 Å². The van der Waals surface area contributed by atoms with Crippen molar-refractivity contribution in [2.45, 2.75) is 24.9 Å². The maximum absolute atomic E-state index is 13.1. The standard InChI is InChI=1S/C19H21ClN4O5/c1-28-15(25)9-14(18(26)29-2)23-19(27)24-7-6-13-16(22-10-21-13)17(24)11-4-3-5-12(20)8-11/h3-5,8,10,14,17H,6-7,9H2,1-2H3,(H,21,22)(H,23,27). The van der Waals surface area contributed by atoms with E-state index < -0.39 is 30.1 Å². The lowest BCUT2D eigenvalue weighted by Gasteiger charge is -2.36. The maximum atomic E-state index is 13.1. The molecule has 2 N–H and O–H groups in total. The number of amides is 2. The van der Waals surface area contributed by atoms with Gasteiger partial charge in [-0.15, -0.1) is 0 Å². The van der Waals surface area contributed by atoms with Crippen LogP contribution in [0.5, 0.6) is 0 Å². The molecule has 1 aromatic heterocycles. The highest BCUT2D eigenvalue weighted by atomic mass is 35.5. The smallest absolute Gasteiger partial charge is 0.329 e. The van der Waals surface area contributed by atoms with Crippen LogP contribution in [0.15, 0.2) is 30.6 Å². The van der Waals surface area contributed by atoms with E-state index in [1.807, 2.05) is 6.07 Å². The third-order valence-electron chi connectivity index (χ3n) is 4.73. The summed E-state index contributed by atoms with van der Waals surface area (Å²) in [7, 11) is 2.39. The number of imidazole rings is 1. The van der Waals surface area contributed by atoms with Crippen LogP contribution in [0.1, 0.15) is 29.4 Å². The molecule has 0 bridgehead atoms. The van der Waals surface area contributed by atoms with E-state index in [2.05, 4.69) is 20.0 Å². The summed E-state index contributed by atoms with van der Waals surface area (Å²) < 4.78 is 9.30. The van der Waals surface area contributed by atoms with E-state index in [4.69, 9.17) is 16.3 Å². The number of nitrogens with one attached hydrogen (secondary N) is 2. The van der Waals surface area contributed by atoms with Crippen LogP contribution in [0, 0.1) is 0 Å². The minimum Gasteiger partial charge on any atom is -0.469 e. The normalized spacial score (nSPS) is 16.5. The molecule has 0 saturated heterocycles. The zero-order valence-corrected chi connectivity index (χ0v) is 16.7. The number of benzene rings is 1. The fraction of sp³-hybridized carbons (Fsp3) is 0.368. The molecule has 0 spiro atoms. The summed E-state index contributed by atoms with van der Waals surface area (Å²) in [4.78, 5) is 45.8. The van der Waals surface area contributed by atoms with E-state index in [0.29, 0.717) is 23.7 Å². The molecule has 29 heavy (non-hydrogen) atoms. The Balaban J connectivity index is 1.89. The van der Waals surface area contributed by atoms with Crippen LogP contribution in [-0.4, -0.2) is 59.6 Å². The van der Waals surface area contributed by atoms with Crippen molar-refractivity contribution in [1.29, 1.82) is 0 Å². The Labute approximate surface area is 172 Å². The number of esters is 2. The third kappa shape index (κ3) is 4.51. The fourth-order valence-corrected chi connectivity index (χ4v) is 3.53. The summed E-state index contributed by atoms with van der Waals surface area (Å²) in [5.74, 6) is -1.37. The summed E-state index contributed by atoms with van der Waals surface area (Å²) >= 11 is 6.15. The number of methoxy groups -OCH3 is 2. The van der Waals surface area contributed by atoms with E-state index in [1.54, 1.807) is 29.4 Å². The molecule has 9 nitrogen and oxygen atoms in total. The van der Waals surface area contributed by atoms with Gasteiger partial charge in [-0.1, -0.05) is 23.7 Å². The number of rotatable bonds is 5. The fourth-order valence-electron chi connectivity index (χ4n) is 3.33. The van der Waals surface area contributed by atoms with Gasteiger partial charge in [-0.2, -0.15) is 0 Å². The molecule has 0 saturated carbocycles. The van der Waals surface area contributed by atoms with E-state index in [0.717, 1.165) is 11.3 Å². The molecule has 2 unspecified atom stereocenters. The van der Waals surface area contributed by atoms with Crippen LogP contribution in [0.3, 0.4) is 0 Å². The number of fused-ring (bicyclic) bond motifs is 1. The zero-order chi connectivity index (χ0) is 21.0. The van der Waals surface area contributed by atoms with Crippen molar-refractivity contribution in [3.05, 3.63) is 52.6 Å². The van der Waals surface area contributed by atoms with Gasteiger partial charge >= 0.3 is 18.0 Å². The molecule has 10 heteroatoms. The van der Waals surface area contributed by atoms with Crippen LogP contribution < -0.4 is 5.32 Å². The molecule has 1 aliphatic heterocycles. The molecule has 2 amide bonds. The van der Waals surface area contributed by atoms with Gasteiger partial charge in [0.2, 0.25) is 0 Å². The molecule has 2 aromatic rings. The first kappa shape index (κ1) is 20.7. The van der Waals surface area contributed by atoms with Crippen molar-refractivity contribution in [2.75, 3.05) is 20.8 Å². The van der Waals surface area contributed by atoms with Crippen molar-refractivity contribution in [1.82, 2.24) is 20.2 Å². The van der Waals surface area contributed by atoms with Crippen molar-refractivity contribution in [2.24, 2.45) is 0 Å². The van der Waals surface area contributed by atoms with Crippen LogP contribution in [0.2, 0.25) is 5.02 Å². The second-order valence-electron chi connectivity index (χ2n) is 6.47. The lowest BCUT2D eigenvalue weighted by atomic mass is 9.96. The van der Waals surface area contributed by atoms with Crippen molar-refractivity contribution >= 4 is 29.6 Å². The van der Waals surface area contributed by atoms with Crippen LogP contribution in [-0.2, 0) is 25.5 Å². The molecule has 2 heterocycles. The molecule has 1 aliphatic rings. The summed E-state index contributed by atoms with van der Waals surface area (Å²) in [6.45, 7) is 0.379. The van der Waals surface area contributed by atoms with Gasteiger partial charge in [0, 0.05) is 23.7 Å². The predicted octanol–water partition coefficient (Wildman–Crippen LogP) is 1.82. The van der Waals surface area contributed by atoms with Crippen LogP contribution in [0.4, 0.5) is 4.79 Å². The second kappa shape index (κ2) is 8.95. The average Bonchev–Trinajstić information content (AvgIpc) is 3.20. The molecular formula is C19H21ClN4O5. The number of H-pyrrole nitrogens is 1. The zero-order valence-electron chi connectivity index (χ0n) is 16.0. The minimum absolute atomic E-state index is 0.335. The number of carbonyl (C=O) groups is 3. The van der Waals surface area contributed by atoms with Gasteiger partial charge < -0.3 is 24.7 Å². The number of aromatic amines is 1. The molecule has 2 atom stereocenters. The van der Waals surface area contributed by atoms with Crippen molar-refractivity contribution in [3.8, 4) is 0 Å². The first-order valence-corrected chi connectivity index (χ1v) is 9.31. The predicted molar refractivity (Wildman–Crippen MR) is 103 cm³/mol. The molecule has 0 aliphatic carbocycles. The molecule has 154 valence electrons. The molecule has 3 rings (SSSR count). The number of halogens is 1. The molecule has 0 fully saturated rings. The van der Waals surface area contributed by atoms with Crippen molar-refractivity contribution in [3.63, 3.8) is 0 Å². The highest BCUT2D eigenvalue weighted by Crippen LogP contribution is 2.34. The number of urea groups is 1. The SMILES string of the molecule is COC(=O)CC(NC(=O)N1CCc2[nH]cnc2C1c1cccc(Cl)c1)C(=O)OC. The number of carbonyl (C=O) groups excluding carboxylic acids is 3. The van der Waals surface area contributed by atoms with Crippen LogP contribution in [0.25, 0.3) is 0 Å². The maximum Gasteiger partial charge on any atom is 0.329 e. The highest BCUT2D eigenvalue weighted by molar-refractivity contribution is 6.30. The number of ether oxygens (including phenoxy) is 2. The highest BCUT2D eigenvalue weighted by Gasteiger charge is 2.36. The number of nitrogens with zero attached hydrogens (tertiary/aromatic N) is 2. The molecule has 0 radical (unpaired) electrons. The summed E-state index contributed by atoms with van der Waals surface area (Å²) in [6.07, 6.45) is 1.82. The first-order valence-electron chi connectivity index (χ1n) is 8.94. The quantitative estimate of drug-likeness (QED) is 0.713. The van der Waals surface area contributed by atoms with Crippen molar-refractivity contribution < 1.29 is 23.9 Å². The van der Waals surface area contributed by atoms with Crippen LogP contribution >= 0.6 is 11.6 Å². The molecular weight excluding hydrogens is 400 g/mol. The Bertz CT molecular complexity index is 916. The monoisotopic (exact) mass is 420 g/mol. The topological polar surface area (TPSA) is 114 Å². The van der Waals surface area contributed by atoms with E-state index >= 15 is 0 Å². The Morgan fingerprint density at radius 1 is 1.34 bits per heavy atom. The average molecular weight is 421 g/mol. The van der Waals surface area contributed by atoms with Gasteiger partial charge in [0.05, 0.1) is 32.7 Å². The minimum atomic E-state index is -1.17. The largest absolute Gasteiger partial charge is 0.469 e. The van der Waals surface area contributed by atoms with Gasteiger partial charge in [-0.05, 0) is 17.7 Å². The number of aromatic nitrogens is 2. The Hall–Kier alpha value is -3.07. The van der Waals surface area contributed by atoms with E-state index in [9.17, 15) is 14.4 Å². The van der Waals surface area contributed by atoms with Gasteiger partial charge in [-0.25, -0.2) is 14.6 Å². The van der Waals surface area contributed by atoms with Gasteiger partial charge in [0.25, 0.3) is 0 Å². The first-order chi connectivity index (χ1) is 13.9. The summed E-state index contributed by atoms with van der Waals surface area (Å²) in [5.41, 5.74) is 2.41. The lowest BCUT2D eigenvalue weighted by molar-refractivity contribution is -0.149. The van der Waals surface area contributed by atoms with Gasteiger partial charge in [-0.3, -0.25) is 4.79 Å². The Kier molecular flexibility index (Phi) is 6.38. The summed E-state index contributed by atoms with van der Waals surface area (Å²) in [5, 5.41) is 3.11. The van der Waals surface area contributed by atoms with E-state index in [1.165, 1.54) is 14.2 Å². The lowest BCUT2D eigenvalue weighted by Crippen LogP contribution is -2.52. The summed E-state index contributed by atoms with van der Waals surface area (Å²) in [6, 6.07) is 4.97. The molecule has 1 aromatic carbocycles. The third-order valence-corrected chi connectivity index (χ3v) is 4.97.